The van der Waals surface area contributed by atoms with Gasteiger partial charge in [-0.2, -0.15) is 0 Å². The highest BCUT2D eigenvalue weighted by Gasteiger charge is 2.10. The van der Waals surface area contributed by atoms with E-state index in [1.807, 2.05) is 0 Å². The van der Waals surface area contributed by atoms with E-state index in [1.165, 1.54) is 7.11 Å². The van der Waals surface area contributed by atoms with Crippen LogP contribution in [-0.2, 0) is 0 Å². The number of rotatable bonds is 4. The molecule has 0 heterocycles. The fraction of sp³-hybridized carbons (Fsp3) is 0.133. The zero-order valence-corrected chi connectivity index (χ0v) is 13.8. The second-order valence-corrected chi connectivity index (χ2v) is 5.53. The SMILES string of the molecule is COc1ccc(NC(=O)c2cc(Cl)cc(Br)c2)cc1OC. The summed E-state index contributed by atoms with van der Waals surface area (Å²) < 4.78 is 11.1. The largest absolute Gasteiger partial charge is 0.493 e. The van der Waals surface area contributed by atoms with E-state index < -0.39 is 0 Å². The summed E-state index contributed by atoms with van der Waals surface area (Å²) >= 11 is 9.25. The highest BCUT2D eigenvalue weighted by atomic mass is 79.9. The molecule has 0 bridgehead atoms. The summed E-state index contributed by atoms with van der Waals surface area (Å²) in [5.74, 6) is 0.883. The molecule has 4 nitrogen and oxygen atoms in total. The summed E-state index contributed by atoms with van der Waals surface area (Å²) in [7, 11) is 3.09. The van der Waals surface area contributed by atoms with Crippen LogP contribution in [-0.4, -0.2) is 20.1 Å². The number of benzene rings is 2. The monoisotopic (exact) mass is 369 g/mol. The van der Waals surface area contributed by atoms with Crippen molar-refractivity contribution in [3.05, 3.63) is 51.5 Å². The fourth-order valence-electron chi connectivity index (χ4n) is 1.80. The lowest BCUT2D eigenvalue weighted by Gasteiger charge is -2.11. The van der Waals surface area contributed by atoms with Gasteiger partial charge in [-0.15, -0.1) is 0 Å². The number of halogens is 2. The van der Waals surface area contributed by atoms with Gasteiger partial charge >= 0.3 is 0 Å². The molecule has 0 spiro atoms. The molecule has 0 aliphatic heterocycles. The van der Waals surface area contributed by atoms with Gasteiger partial charge in [0.2, 0.25) is 0 Å². The molecule has 0 saturated heterocycles. The van der Waals surface area contributed by atoms with E-state index in [0.717, 1.165) is 4.47 Å². The average Bonchev–Trinajstić information content (AvgIpc) is 2.46. The van der Waals surface area contributed by atoms with Crippen molar-refractivity contribution in [3.8, 4) is 11.5 Å². The van der Waals surface area contributed by atoms with Crippen LogP contribution in [0.25, 0.3) is 0 Å². The van der Waals surface area contributed by atoms with Crippen LogP contribution in [0.1, 0.15) is 10.4 Å². The van der Waals surface area contributed by atoms with E-state index >= 15 is 0 Å². The summed E-state index contributed by atoms with van der Waals surface area (Å²) in [6, 6.07) is 10.2. The smallest absolute Gasteiger partial charge is 0.255 e. The molecule has 6 heteroatoms. The van der Waals surface area contributed by atoms with Crippen molar-refractivity contribution < 1.29 is 14.3 Å². The fourth-order valence-corrected chi connectivity index (χ4v) is 2.66. The van der Waals surface area contributed by atoms with Gasteiger partial charge in [0.25, 0.3) is 5.91 Å². The van der Waals surface area contributed by atoms with E-state index in [1.54, 1.807) is 43.5 Å². The van der Waals surface area contributed by atoms with E-state index in [0.29, 0.717) is 27.8 Å². The maximum Gasteiger partial charge on any atom is 0.255 e. The van der Waals surface area contributed by atoms with Crippen LogP contribution < -0.4 is 14.8 Å². The molecule has 2 aromatic rings. The number of carbonyl (C=O) groups is 1. The number of hydrogen-bond donors (Lipinski definition) is 1. The third-order valence-electron chi connectivity index (χ3n) is 2.77. The van der Waals surface area contributed by atoms with Crippen molar-refractivity contribution >= 4 is 39.1 Å². The maximum atomic E-state index is 12.2. The van der Waals surface area contributed by atoms with Gasteiger partial charge in [-0.1, -0.05) is 27.5 Å². The van der Waals surface area contributed by atoms with Gasteiger partial charge in [-0.25, -0.2) is 0 Å². The summed E-state index contributed by atoms with van der Waals surface area (Å²) in [5, 5.41) is 3.27. The molecular formula is C15H13BrClNO3. The van der Waals surface area contributed by atoms with Gasteiger partial charge in [-0.05, 0) is 30.3 Å². The Morgan fingerprint density at radius 1 is 1.10 bits per heavy atom. The van der Waals surface area contributed by atoms with Crippen LogP contribution in [0, 0.1) is 0 Å². The minimum atomic E-state index is -0.259. The van der Waals surface area contributed by atoms with Crippen LogP contribution in [0.2, 0.25) is 5.02 Å². The van der Waals surface area contributed by atoms with Gasteiger partial charge in [0.15, 0.2) is 11.5 Å². The second kappa shape index (κ2) is 6.83. The van der Waals surface area contributed by atoms with Gasteiger partial charge in [0, 0.05) is 26.8 Å². The number of carbonyl (C=O) groups excluding carboxylic acids is 1. The molecule has 1 N–H and O–H groups in total. The normalized spacial score (nSPS) is 10.1. The first-order chi connectivity index (χ1) is 10.0. The zero-order chi connectivity index (χ0) is 15.4. The summed E-state index contributed by atoms with van der Waals surface area (Å²) in [6.45, 7) is 0. The van der Waals surface area contributed by atoms with E-state index in [-0.39, 0.29) is 5.91 Å². The number of hydrogen-bond acceptors (Lipinski definition) is 3. The predicted octanol–water partition coefficient (Wildman–Crippen LogP) is 4.37. The Morgan fingerprint density at radius 2 is 1.81 bits per heavy atom. The molecular weight excluding hydrogens is 358 g/mol. The van der Waals surface area contributed by atoms with Gasteiger partial charge in [0.05, 0.1) is 14.2 Å². The van der Waals surface area contributed by atoms with E-state index in [2.05, 4.69) is 21.2 Å². The lowest BCUT2D eigenvalue weighted by atomic mass is 10.2. The first kappa shape index (κ1) is 15.7. The molecule has 1 amide bonds. The Kier molecular flexibility index (Phi) is 5.09. The molecule has 0 unspecified atom stereocenters. The number of amides is 1. The molecule has 21 heavy (non-hydrogen) atoms. The Labute approximate surface area is 136 Å². The van der Waals surface area contributed by atoms with Crippen molar-refractivity contribution in [2.45, 2.75) is 0 Å². The Morgan fingerprint density at radius 3 is 2.43 bits per heavy atom. The third-order valence-corrected chi connectivity index (χ3v) is 3.44. The third kappa shape index (κ3) is 3.89. The van der Waals surface area contributed by atoms with Gasteiger partial charge < -0.3 is 14.8 Å². The van der Waals surface area contributed by atoms with E-state index in [4.69, 9.17) is 21.1 Å². The molecule has 2 aromatic carbocycles. The van der Waals surface area contributed by atoms with Crippen LogP contribution in [0.5, 0.6) is 11.5 Å². The van der Waals surface area contributed by atoms with Crippen LogP contribution in [0.15, 0.2) is 40.9 Å². The maximum absolute atomic E-state index is 12.2. The molecule has 0 saturated carbocycles. The topological polar surface area (TPSA) is 47.6 Å². The highest BCUT2D eigenvalue weighted by Crippen LogP contribution is 2.30. The number of nitrogens with one attached hydrogen (secondary N) is 1. The van der Waals surface area contributed by atoms with Crippen LogP contribution in [0.3, 0.4) is 0 Å². The average molecular weight is 371 g/mol. The lowest BCUT2D eigenvalue weighted by Crippen LogP contribution is -2.12. The molecule has 0 aliphatic carbocycles. The summed E-state index contributed by atoms with van der Waals surface area (Å²) in [4.78, 5) is 12.2. The molecule has 0 aromatic heterocycles. The Hall–Kier alpha value is -1.72. The Bertz CT molecular complexity index is 656. The van der Waals surface area contributed by atoms with Crippen molar-refractivity contribution in [1.29, 1.82) is 0 Å². The molecule has 110 valence electrons. The molecule has 2 rings (SSSR count). The number of methoxy groups -OCH3 is 2. The first-order valence-corrected chi connectivity index (χ1v) is 7.20. The molecule has 0 fully saturated rings. The highest BCUT2D eigenvalue weighted by molar-refractivity contribution is 9.10. The summed E-state index contributed by atoms with van der Waals surface area (Å²) in [5.41, 5.74) is 1.07. The van der Waals surface area contributed by atoms with Crippen LogP contribution in [0.4, 0.5) is 5.69 Å². The lowest BCUT2D eigenvalue weighted by molar-refractivity contribution is 0.102. The minimum absolute atomic E-state index is 0.259. The number of ether oxygens (including phenoxy) is 2. The quantitative estimate of drug-likeness (QED) is 0.869. The van der Waals surface area contributed by atoms with E-state index in [9.17, 15) is 4.79 Å². The predicted molar refractivity (Wildman–Crippen MR) is 86.7 cm³/mol. The Balaban J connectivity index is 2.23. The standard InChI is InChI=1S/C15H13BrClNO3/c1-20-13-4-3-12(8-14(13)21-2)18-15(19)9-5-10(16)7-11(17)6-9/h3-8H,1-2H3,(H,18,19). The van der Waals surface area contributed by atoms with Crippen LogP contribution >= 0.6 is 27.5 Å². The number of anilines is 1. The van der Waals surface area contributed by atoms with Gasteiger partial charge in [0.1, 0.15) is 0 Å². The van der Waals surface area contributed by atoms with Crippen molar-refractivity contribution in [2.24, 2.45) is 0 Å². The zero-order valence-electron chi connectivity index (χ0n) is 11.4. The summed E-state index contributed by atoms with van der Waals surface area (Å²) in [6.07, 6.45) is 0. The first-order valence-electron chi connectivity index (χ1n) is 6.03. The van der Waals surface area contributed by atoms with Crippen molar-refractivity contribution in [3.63, 3.8) is 0 Å². The second-order valence-electron chi connectivity index (χ2n) is 4.18. The molecule has 0 radical (unpaired) electrons. The van der Waals surface area contributed by atoms with Gasteiger partial charge in [-0.3, -0.25) is 4.79 Å². The van der Waals surface area contributed by atoms with Crippen molar-refractivity contribution in [1.82, 2.24) is 0 Å². The molecule has 0 atom stereocenters. The van der Waals surface area contributed by atoms with Crippen molar-refractivity contribution in [2.75, 3.05) is 19.5 Å². The minimum Gasteiger partial charge on any atom is -0.493 e. The molecule has 0 aliphatic rings.